The van der Waals surface area contributed by atoms with E-state index in [-0.39, 0.29) is 6.61 Å². The van der Waals surface area contributed by atoms with Crippen LogP contribution in [0, 0.1) is 0 Å². The summed E-state index contributed by atoms with van der Waals surface area (Å²) >= 11 is 0. The molecule has 0 radical (unpaired) electrons. The second kappa shape index (κ2) is 24.7. The number of aliphatic hydroxyl groups excluding tert-OH is 11. The van der Waals surface area contributed by atoms with Crippen LogP contribution in [0.2, 0.25) is 0 Å². The number of ether oxygens (including phenoxy) is 6. The Labute approximate surface area is 317 Å². The van der Waals surface area contributed by atoms with Crippen molar-refractivity contribution in [3.63, 3.8) is 0 Å². The number of nitrogens with two attached hydrogens (primary N) is 1. The zero-order valence-electron chi connectivity index (χ0n) is 31.2. The summed E-state index contributed by atoms with van der Waals surface area (Å²) < 4.78 is 33.3. The van der Waals surface area contributed by atoms with E-state index in [4.69, 9.17) is 34.2 Å². The molecule has 18 heteroatoms. The topological polar surface area (TPSA) is 304 Å². The van der Waals surface area contributed by atoms with Gasteiger partial charge in [0.25, 0.3) is 0 Å². The van der Waals surface area contributed by atoms with Crippen LogP contribution in [0.3, 0.4) is 0 Å². The molecular formula is C36H67NO17. The molecule has 0 aromatic carbocycles. The van der Waals surface area contributed by atoms with Gasteiger partial charge in [0, 0.05) is 0 Å². The van der Waals surface area contributed by atoms with Crippen LogP contribution in [0.25, 0.3) is 0 Å². The first-order chi connectivity index (χ1) is 25.9. The standard InChI is InChI=1S/C36H67NO17/c1-2-3-4-5-6-7-8-9-10-11-12-13-14-15-21(41)20(37)19-49-34-30(47)27(44)32(23(17-39)51-34)54-36-31(48)28(45)33(24(18-40)52-36)53-35-29(46)26(43)25(42)22(16-38)50-35/h14-15,20-36,38-48H,2-13,16-19,37H2,1H3/b15-14+/t20-,21+,22+,23+,24+,25-,26-,27+,28+,29+,30+,31+,32+,33-,34+,35+,36-/m0/s1. The van der Waals surface area contributed by atoms with Crippen LogP contribution in [-0.4, -0.2) is 187 Å². The summed E-state index contributed by atoms with van der Waals surface area (Å²) in [7, 11) is 0. The minimum absolute atomic E-state index is 0.285. The van der Waals surface area contributed by atoms with Crippen molar-refractivity contribution in [1.29, 1.82) is 0 Å². The molecule has 0 unspecified atom stereocenters. The SMILES string of the molecule is CCCCCCCCCCCCC/C=C/[C@@H](O)[C@@H](N)CO[C@@H]1O[C@H](CO)[C@@H](O[C@@H]2O[C@H](CO)[C@H](O[C@H]3O[C@H](CO)[C@H](O)[C@H](O)[C@H]3O)[C@H](O)[C@H]2O)[C@H](O)[C@H]1O. The van der Waals surface area contributed by atoms with Gasteiger partial charge in [-0.1, -0.05) is 83.3 Å². The molecule has 0 aliphatic carbocycles. The molecule has 0 saturated carbocycles. The number of hydrogen-bond acceptors (Lipinski definition) is 18. The first kappa shape index (κ1) is 47.4. The minimum atomic E-state index is -1.94. The minimum Gasteiger partial charge on any atom is -0.394 e. The predicted molar refractivity (Wildman–Crippen MR) is 189 cm³/mol. The lowest BCUT2D eigenvalue weighted by Gasteiger charge is -2.48. The summed E-state index contributed by atoms with van der Waals surface area (Å²) in [5.41, 5.74) is 6.08. The Morgan fingerprint density at radius 1 is 0.556 bits per heavy atom. The van der Waals surface area contributed by atoms with E-state index in [1.807, 2.05) is 6.08 Å². The zero-order chi connectivity index (χ0) is 39.8. The maximum Gasteiger partial charge on any atom is 0.187 e. The fraction of sp³-hybridized carbons (Fsp3) is 0.944. The smallest absolute Gasteiger partial charge is 0.187 e. The largest absolute Gasteiger partial charge is 0.394 e. The first-order valence-electron chi connectivity index (χ1n) is 19.5. The van der Waals surface area contributed by atoms with Crippen LogP contribution in [0.15, 0.2) is 12.2 Å². The van der Waals surface area contributed by atoms with Gasteiger partial charge in [0.15, 0.2) is 18.9 Å². The maximum atomic E-state index is 10.9. The average Bonchev–Trinajstić information content (AvgIpc) is 3.17. The Morgan fingerprint density at radius 2 is 0.981 bits per heavy atom. The van der Waals surface area contributed by atoms with Crippen LogP contribution in [-0.2, 0) is 28.4 Å². The lowest BCUT2D eigenvalue weighted by atomic mass is 9.96. The Bertz CT molecular complexity index is 1030. The monoisotopic (exact) mass is 785 g/mol. The highest BCUT2D eigenvalue weighted by molar-refractivity contribution is 4.97. The van der Waals surface area contributed by atoms with Gasteiger partial charge in [0.1, 0.15) is 73.2 Å². The number of allylic oxidation sites excluding steroid dienone is 1. The summed E-state index contributed by atoms with van der Waals surface area (Å²) in [5.74, 6) is 0. The Morgan fingerprint density at radius 3 is 1.48 bits per heavy atom. The van der Waals surface area contributed by atoms with Crippen molar-refractivity contribution < 1.29 is 84.6 Å². The van der Waals surface area contributed by atoms with Gasteiger partial charge < -0.3 is 90.3 Å². The third-order valence-electron chi connectivity index (χ3n) is 10.3. The Balaban J connectivity index is 1.44. The lowest BCUT2D eigenvalue weighted by molar-refractivity contribution is -0.379. The maximum absolute atomic E-state index is 10.9. The molecule has 3 aliphatic heterocycles. The van der Waals surface area contributed by atoms with Crippen LogP contribution >= 0.6 is 0 Å². The van der Waals surface area contributed by atoms with Crippen molar-refractivity contribution in [3.8, 4) is 0 Å². The molecule has 18 nitrogen and oxygen atoms in total. The van der Waals surface area contributed by atoms with Gasteiger partial charge in [-0.15, -0.1) is 0 Å². The molecule has 3 fully saturated rings. The molecule has 0 spiro atoms. The van der Waals surface area contributed by atoms with Gasteiger partial charge in [-0.3, -0.25) is 0 Å². The van der Waals surface area contributed by atoms with E-state index in [1.54, 1.807) is 6.08 Å². The zero-order valence-corrected chi connectivity index (χ0v) is 31.2. The van der Waals surface area contributed by atoms with Gasteiger partial charge in [-0.05, 0) is 12.8 Å². The molecule has 3 saturated heterocycles. The van der Waals surface area contributed by atoms with Crippen molar-refractivity contribution in [2.75, 3.05) is 26.4 Å². The van der Waals surface area contributed by atoms with Crippen molar-refractivity contribution in [2.24, 2.45) is 5.73 Å². The lowest BCUT2D eigenvalue weighted by Crippen LogP contribution is -2.66. The highest BCUT2D eigenvalue weighted by Crippen LogP contribution is 2.32. The van der Waals surface area contributed by atoms with Crippen molar-refractivity contribution >= 4 is 0 Å². The van der Waals surface area contributed by atoms with Crippen molar-refractivity contribution in [1.82, 2.24) is 0 Å². The third-order valence-corrected chi connectivity index (χ3v) is 10.3. The summed E-state index contributed by atoms with van der Waals surface area (Å²) in [5, 5.41) is 114. The molecule has 13 N–H and O–H groups in total. The molecule has 0 aromatic rings. The number of rotatable bonds is 24. The van der Waals surface area contributed by atoms with Crippen LogP contribution in [0.1, 0.15) is 84.0 Å². The van der Waals surface area contributed by atoms with Gasteiger partial charge >= 0.3 is 0 Å². The van der Waals surface area contributed by atoms with E-state index >= 15 is 0 Å². The molecule has 17 atom stereocenters. The van der Waals surface area contributed by atoms with Gasteiger partial charge in [0.2, 0.25) is 0 Å². The van der Waals surface area contributed by atoms with Crippen molar-refractivity contribution in [3.05, 3.63) is 12.2 Å². The predicted octanol–water partition coefficient (Wildman–Crippen LogP) is -2.60. The highest BCUT2D eigenvalue weighted by atomic mass is 16.8. The van der Waals surface area contributed by atoms with Gasteiger partial charge in [0.05, 0.1) is 38.6 Å². The van der Waals surface area contributed by atoms with E-state index in [9.17, 15) is 56.2 Å². The fourth-order valence-corrected chi connectivity index (χ4v) is 6.79. The van der Waals surface area contributed by atoms with Crippen LogP contribution < -0.4 is 5.73 Å². The molecule has 54 heavy (non-hydrogen) atoms. The van der Waals surface area contributed by atoms with Crippen LogP contribution in [0.5, 0.6) is 0 Å². The molecular weight excluding hydrogens is 718 g/mol. The van der Waals surface area contributed by atoms with Gasteiger partial charge in [-0.2, -0.15) is 0 Å². The number of unbranched alkanes of at least 4 members (excludes halogenated alkanes) is 11. The highest BCUT2D eigenvalue weighted by Gasteiger charge is 2.53. The van der Waals surface area contributed by atoms with E-state index in [0.717, 1.165) is 19.3 Å². The quantitative estimate of drug-likeness (QED) is 0.0353. The first-order valence-corrected chi connectivity index (χ1v) is 19.5. The normalized spacial score (nSPS) is 38.9. The molecule has 3 rings (SSSR count). The molecule has 318 valence electrons. The van der Waals surface area contributed by atoms with Crippen molar-refractivity contribution in [2.45, 2.75) is 188 Å². The van der Waals surface area contributed by atoms with Gasteiger partial charge in [-0.25, -0.2) is 0 Å². The third kappa shape index (κ3) is 13.6. The fourth-order valence-electron chi connectivity index (χ4n) is 6.79. The summed E-state index contributed by atoms with van der Waals surface area (Å²) in [6.45, 7) is -0.413. The van der Waals surface area contributed by atoms with E-state index in [1.165, 1.54) is 57.8 Å². The van der Waals surface area contributed by atoms with Crippen LogP contribution in [0.4, 0.5) is 0 Å². The van der Waals surface area contributed by atoms with E-state index < -0.39 is 124 Å². The molecule has 3 aliphatic rings. The van der Waals surface area contributed by atoms with E-state index in [0.29, 0.717) is 0 Å². The summed E-state index contributed by atoms with van der Waals surface area (Å²) in [4.78, 5) is 0. The molecule has 0 aromatic heterocycles. The summed E-state index contributed by atoms with van der Waals surface area (Å²) in [6, 6.07) is -0.908. The number of hydrogen-bond donors (Lipinski definition) is 12. The summed E-state index contributed by atoms with van der Waals surface area (Å²) in [6.07, 6.45) is -8.26. The molecule has 0 amide bonds. The molecule has 3 heterocycles. The van der Waals surface area contributed by atoms with E-state index in [2.05, 4.69) is 6.92 Å². The second-order valence-electron chi connectivity index (χ2n) is 14.6. The molecule has 0 bridgehead atoms. The average molecular weight is 786 g/mol. The second-order valence-corrected chi connectivity index (χ2v) is 14.6. The Hall–Kier alpha value is -0.980. The Kier molecular flexibility index (Phi) is 21.7. The number of aliphatic hydroxyl groups is 11.